The summed E-state index contributed by atoms with van der Waals surface area (Å²) in [5.74, 6) is 1.46. The van der Waals surface area contributed by atoms with Gasteiger partial charge in [-0.3, -0.25) is 4.79 Å². The van der Waals surface area contributed by atoms with Gasteiger partial charge in [0.2, 0.25) is 0 Å². The van der Waals surface area contributed by atoms with Gasteiger partial charge in [0, 0.05) is 11.6 Å². The first-order valence-corrected chi connectivity index (χ1v) is 8.46. The van der Waals surface area contributed by atoms with Gasteiger partial charge in [0.1, 0.15) is 35.4 Å². The fraction of sp³-hybridized carbons (Fsp3) is 0.0952. The lowest BCUT2D eigenvalue weighted by molar-refractivity contribution is 0.104. The maximum absolute atomic E-state index is 13.1. The van der Waals surface area contributed by atoms with Gasteiger partial charge in [-0.2, -0.15) is 0 Å². The van der Waals surface area contributed by atoms with Crippen LogP contribution in [0.2, 0.25) is 5.02 Å². The van der Waals surface area contributed by atoms with E-state index in [1.54, 1.807) is 49.6 Å². The number of hydrogen-bond acceptors (Lipinski definition) is 4. The summed E-state index contributed by atoms with van der Waals surface area (Å²) in [7, 11) is 1.55. The number of carbonyl (C=O) groups is 1. The van der Waals surface area contributed by atoms with E-state index in [0.29, 0.717) is 28.6 Å². The first-order chi connectivity index (χ1) is 13.0. The maximum atomic E-state index is 13.1. The normalized spacial score (nSPS) is 10.9. The number of ether oxygens (including phenoxy) is 2. The number of benzene rings is 2. The van der Waals surface area contributed by atoms with Crippen molar-refractivity contribution in [2.75, 3.05) is 7.11 Å². The van der Waals surface area contributed by atoms with E-state index in [9.17, 15) is 9.18 Å². The predicted molar refractivity (Wildman–Crippen MR) is 101 cm³/mol. The van der Waals surface area contributed by atoms with E-state index in [0.717, 1.165) is 0 Å². The van der Waals surface area contributed by atoms with Crippen LogP contribution in [0.1, 0.15) is 21.9 Å². The number of furan rings is 1. The quantitative estimate of drug-likeness (QED) is 0.394. The molecule has 0 atom stereocenters. The summed E-state index contributed by atoms with van der Waals surface area (Å²) in [6, 6.07) is 14.5. The summed E-state index contributed by atoms with van der Waals surface area (Å²) >= 11 is 5.71. The summed E-state index contributed by atoms with van der Waals surface area (Å²) in [5, 5.41) is -0.00776. The second kappa shape index (κ2) is 8.56. The monoisotopic (exact) mass is 386 g/mol. The Morgan fingerprint density at radius 1 is 1.15 bits per heavy atom. The molecule has 0 saturated carbocycles. The second-order valence-electron chi connectivity index (χ2n) is 5.60. The van der Waals surface area contributed by atoms with Crippen LogP contribution in [0.15, 0.2) is 65.1 Å². The van der Waals surface area contributed by atoms with Crippen molar-refractivity contribution in [3.05, 3.63) is 88.6 Å². The van der Waals surface area contributed by atoms with Crippen LogP contribution >= 0.6 is 11.6 Å². The molecule has 4 nitrogen and oxygen atoms in total. The highest BCUT2D eigenvalue weighted by Crippen LogP contribution is 2.22. The lowest BCUT2D eigenvalue weighted by atomic mass is 10.1. The zero-order valence-corrected chi connectivity index (χ0v) is 15.2. The summed E-state index contributed by atoms with van der Waals surface area (Å²) in [6.07, 6.45) is 3.01. The van der Waals surface area contributed by atoms with E-state index in [1.165, 1.54) is 24.3 Å². The molecular weight excluding hydrogens is 371 g/mol. The molecule has 0 aliphatic carbocycles. The third-order valence-corrected chi connectivity index (χ3v) is 4.00. The van der Waals surface area contributed by atoms with Crippen LogP contribution in [0.25, 0.3) is 6.08 Å². The summed E-state index contributed by atoms with van der Waals surface area (Å²) in [5.41, 5.74) is 0.522. The minimum atomic E-state index is -0.504. The molecule has 2 aromatic carbocycles. The smallest absolute Gasteiger partial charge is 0.186 e. The molecular formula is C21H16ClFO4. The molecule has 0 N–H and O–H groups in total. The molecule has 0 amide bonds. The number of carbonyl (C=O) groups excluding carboxylic acids is 1. The molecule has 138 valence electrons. The first kappa shape index (κ1) is 18.7. The van der Waals surface area contributed by atoms with E-state index >= 15 is 0 Å². The van der Waals surface area contributed by atoms with Crippen molar-refractivity contribution in [2.24, 2.45) is 0 Å². The van der Waals surface area contributed by atoms with Crippen molar-refractivity contribution in [3.8, 4) is 11.5 Å². The molecule has 3 aromatic rings. The maximum Gasteiger partial charge on any atom is 0.186 e. The number of allylic oxidation sites excluding steroid dienone is 1. The standard InChI is InChI=1S/C21H16ClFO4/c1-25-16-4-2-3-14(11-16)21(24)10-8-15-5-6-18(27-15)13-26-17-7-9-20(23)19(22)12-17/h2-12H,13H2,1H3/b10-8+. The van der Waals surface area contributed by atoms with Crippen LogP contribution in [0.5, 0.6) is 11.5 Å². The van der Waals surface area contributed by atoms with Gasteiger partial charge >= 0.3 is 0 Å². The zero-order valence-electron chi connectivity index (χ0n) is 14.4. The number of ketones is 1. The molecule has 27 heavy (non-hydrogen) atoms. The SMILES string of the molecule is COc1cccc(C(=O)/C=C/c2ccc(COc3ccc(F)c(Cl)c3)o2)c1. The van der Waals surface area contributed by atoms with Crippen molar-refractivity contribution in [2.45, 2.75) is 6.61 Å². The minimum absolute atomic E-state index is 0.00776. The third-order valence-electron chi connectivity index (χ3n) is 3.71. The number of hydrogen-bond donors (Lipinski definition) is 0. The lowest BCUT2D eigenvalue weighted by Crippen LogP contribution is -1.95. The Morgan fingerprint density at radius 3 is 2.78 bits per heavy atom. The fourth-order valence-electron chi connectivity index (χ4n) is 2.31. The van der Waals surface area contributed by atoms with Crippen LogP contribution in [-0.2, 0) is 6.61 Å². The van der Waals surface area contributed by atoms with E-state index in [-0.39, 0.29) is 17.4 Å². The lowest BCUT2D eigenvalue weighted by Gasteiger charge is -2.04. The minimum Gasteiger partial charge on any atom is -0.497 e. The molecule has 3 rings (SSSR count). The Balaban J connectivity index is 1.60. The van der Waals surface area contributed by atoms with Crippen LogP contribution < -0.4 is 9.47 Å². The summed E-state index contributed by atoms with van der Waals surface area (Å²) in [6.45, 7) is 0.152. The van der Waals surface area contributed by atoms with Crippen molar-refractivity contribution >= 4 is 23.5 Å². The molecule has 0 aliphatic rings. The van der Waals surface area contributed by atoms with Gasteiger partial charge in [-0.15, -0.1) is 0 Å². The van der Waals surface area contributed by atoms with Gasteiger partial charge in [0.15, 0.2) is 5.78 Å². The zero-order chi connectivity index (χ0) is 19.2. The van der Waals surface area contributed by atoms with Crippen molar-refractivity contribution < 1.29 is 23.1 Å². The van der Waals surface area contributed by atoms with E-state index < -0.39 is 5.82 Å². The topological polar surface area (TPSA) is 48.7 Å². The number of methoxy groups -OCH3 is 1. The van der Waals surface area contributed by atoms with Gasteiger partial charge < -0.3 is 13.9 Å². The van der Waals surface area contributed by atoms with Crippen molar-refractivity contribution in [3.63, 3.8) is 0 Å². The Labute approximate surface area is 160 Å². The van der Waals surface area contributed by atoms with Crippen LogP contribution in [0.4, 0.5) is 4.39 Å². The highest BCUT2D eigenvalue weighted by Gasteiger charge is 2.06. The average molecular weight is 387 g/mol. The molecule has 0 unspecified atom stereocenters. The fourth-order valence-corrected chi connectivity index (χ4v) is 2.48. The molecule has 0 spiro atoms. The van der Waals surface area contributed by atoms with E-state index in [2.05, 4.69) is 0 Å². The van der Waals surface area contributed by atoms with Crippen molar-refractivity contribution in [1.82, 2.24) is 0 Å². The predicted octanol–water partition coefficient (Wildman–Crippen LogP) is 5.56. The highest BCUT2D eigenvalue weighted by molar-refractivity contribution is 6.30. The second-order valence-corrected chi connectivity index (χ2v) is 6.01. The van der Waals surface area contributed by atoms with Gasteiger partial charge in [-0.25, -0.2) is 4.39 Å². The summed E-state index contributed by atoms with van der Waals surface area (Å²) in [4.78, 5) is 12.2. The summed E-state index contributed by atoms with van der Waals surface area (Å²) < 4.78 is 29.3. The molecule has 0 aliphatic heterocycles. The van der Waals surface area contributed by atoms with Gasteiger partial charge in [-0.05, 0) is 48.6 Å². The molecule has 0 radical (unpaired) electrons. The van der Waals surface area contributed by atoms with E-state index in [4.69, 9.17) is 25.5 Å². The molecule has 0 fully saturated rings. The Kier molecular flexibility index (Phi) is 5.94. The Bertz CT molecular complexity index is 978. The number of halogens is 2. The Hall–Kier alpha value is -3.05. The average Bonchev–Trinajstić information content (AvgIpc) is 3.15. The molecule has 0 saturated heterocycles. The van der Waals surface area contributed by atoms with E-state index in [1.807, 2.05) is 0 Å². The van der Waals surface area contributed by atoms with Crippen LogP contribution in [0.3, 0.4) is 0 Å². The highest BCUT2D eigenvalue weighted by atomic mass is 35.5. The number of rotatable bonds is 7. The third kappa shape index (κ3) is 4.99. The molecule has 1 heterocycles. The Morgan fingerprint density at radius 2 is 2.00 bits per heavy atom. The molecule has 1 aromatic heterocycles. The molecule has 6 heteroatoms. The van der Waals surface area contributed by atoms with Crippen LogP contribution in [-0.4, -0.2) is 12.9 Å². The van der Waals surface area contributed by atoms with Crippen LogP contribution in [0, 0.1) is 5.82 Å². The van der Waals surface area contributed by atoms with Crippen molar-refractivity contribution in [1.29, 1.82) is 0 Å². The first-order valence-electron chi connectivity index (χ1n) is 8.08. The largest absolute Gasteiger partial charge is 0.497 e. The van der Waals surface area contributed by atoms with Gasteiger partial charge in [0.05, 0.1) is 12.1 Å². The van der Waals surface area contributed by atoms with Gasteiger partial charge in [-0.1, -0.05) is 23.7 Å². The molecule has 0 bridgehead atoms. The van der Waals surface area contributed by atoms with Gasteiger partial charge in [0.25, 0.3) is 0 Å².